The molecule has 0 amide bonds. The van der Waals surface area contributed by atoms with Gasteiger partial charge < -0.3 is 4.74 Å². The summed E-state index contributed by atoms with van der Waals surface area (Å²) in [4.78, 5) is 10.5. The van der Waals surface area contributed by atoms with Crippen molar-refractivity contribution in [1.29, 1.82) is 0 Å². The van der Waals surface area contributed by atoms with Gasteiger partial charge >= 0.3 is 14.2 Å². The third kappa shape index (κ3) is 7.59. The summed E-state index contributed by atoms with van der Waals surface area (Å²) in [5.74, 6) is -0.626. The van der Waals surface area contributed by atoms with Gasteiger partial charge in [0, 0.05) is 10.6 Å². The van der Waals surface area contributed by atoms with Gasteiger partial charge in [-0.3, -0.25) is 0 Å². The minimum absolute atomic E-state index is 0.352. The average Bonchev–Trinajstić information content (AvgIpc) is 2.14. The van der Waals surface area contributed by atoms with Gasteiger partial charge in [-0.15, -0.1) is 4.52 Å². The summed E-state index contributed by atoms with van der Waals surface area (Å²) >= 11 is 0. The summed E-state index contributed by atoms with van der Waals surface area (Å²) in [5.41, 5.74) is 0. The molecule has 0 fully saturated rings. The predicted octanol–water partition coefficient (Wildman–Crippen LogP) is 1.77. The lowest BCUT2D eigenvalue weighted by Gasteiger charge is -1.93. The van der Waals surface area contributed by atoms with E-state index in [1.165, 1.54) is 0 Å². The molecule has 74 valence electrons. The van der Waals surface area contributed by atoms with Crippen LogP contribution >= 0.6 is 8.25 Å². The van der Waals surface area contributed by atoms with Crippen molar-refractivity contribution in [2.75, 3.05) is 13.4 Å². The summed E-state index contributed by atoms with van der Waals surface area (Å²) in [6, 6.07) is 0. The van der Waals surface area contributed by atoms with Crippen LogP contribution in [0.5, 0.6) is 0 Å². The Morgan fingerprint density at radius 3 is 2.77 bits per heavy atom. The van der Waals surface area contributed by atoms with Crippen LogP contribution in [0, 0.1) is 0 Å². The van der Waals surface area contributed by atoms with Crippen LogP contribution in [0.1, 0.15) is 13.3 Å². The highest BCUT2D eigenvalue weighted by molar-refractivity contribution is 7.33. The number of hydrogen-bond donors (Lipinski definition) is 0. The number of carbonyl (C=O) groups is 1. The minimum atomic E-state index is -2.18. The second-order valence-corrected chi connectivity index (χ2v) is 2.93. The lowest BCUT2D eigenvalue weighted by Crippen LogP contribution is -2.02. The first-order valence-electron chi connectivity index (χ1n) is 3.73. The molecule has 0 heterocycles. The van der Waals surface area contributed by atoms with Crippen molar-refractivity contribution in [3.63, 3.8) is 0 Å². The highest BCUT2D eigenvalue weighted by atomic mass is 31.1. The second kappa shape index (κ2) is 7.86. The largest absolute Gasteiger partial charge is 0.700 e. The standard InChI is InChI=1S/C7H12O5P/c1-3-5-11-13(9)12-6-10-7(8)4-2/h4H,2-3,5-6H2,1H3/q+1. The van der Waals surface area contributed by atoms with Gasteiger partial charge in [0.25, 0.3) is 0 Å². The zero-order chi connectivity index (χ0) is 10.1. The lowest BCUT2D eigenvalue weighted by atomic mass is 10.5. The Balaban J connectivity index is 3.36. The normalized spacial score (nSPS) is 10.7. The monoisotopic (exact) mass is 207 g/mol. The number of carbonyl (C=O) groups excluding carboxylic acids is 1. The zero-order valence-electron chi connectivity index (χ0n) is 7.39. The van der Waals surface area contributed by atoms with Crippen molar-refractivity contribution in [1.82, 2.24) is 0 Å². The SMILES string of the molecule is C=CC(=O)OCO[P+](=O)OCCC. The molecule has 6 heteroatoms. The molecule has 5 nitrogen and oxygen atoms in total. The molecule has 0 N–H and O–H groups in total. The van der Waals surface area contributed by atoms with E-state index in [1.54, 1.807) is 0 Å². The third-order valence-electron chi connectivity index (χ3n) is 0.927. The summed E-state index contributed by atoms with van der Waals surface area (Å²) in [6.45, 7) is 5.02. The van der Waals surface area contributed by atoms with Crippen LogP contribution < -0.4 is 0 Å². The third-order valence-corrected chi connectivity index (χ3v) is 1.64. The molecule has 0 aromatic rings. The van der Waals surface area contributed by atoms with Crippen LogP contribution in [0.4, 0.5) is 0 Å². The molecule has 1 unspecified atom stereocenters. The topological polar surface area (TPSA) is 61.8 Å². The first kappa shape index (κ1) is 12.2. The highest BCUT2D eigenvalue weighted by Gasteiger charge is 2.19. The molecule has 0 aliphatic heterocycles. The van der Waals surface area contributed by atoms with E-state index < -0.39 is 14.2 Å². The Morgan fingerprint density at radius 1 is 1.54 bits per heavy atom. The molecule has 0 saturated carbocycles. The van der Waals surface area contributed by atoms with Crippen molar-refractivity contribution >= 4 is 14.2 Å². The summed E-state index contributed by atoms with van der Waals surface area (Å²) < 4.78 is 24.3. The molecule has 0 aliphatic carbocycles. The fourth-order valence-corrected chi connectivity index (χ4v) is 0.934. The molecule has 13 heavy (non-hydrogen) atoms. The predicted molar refractivity (Wildman–Crippen MR) is 46.1 cm³/mol. The van der Waals surface area contributed by atoms with Gasteiger partial charge in [0.2, 0.25) is 6.79 Å². The molecule has 0 bridgehead atoms. The highest BCUT2D eigenvalue weighted by Crippen LogP contribution is 2.23. The van der Waals surface area contributed by atoms with Crippen molar-refractivity contribution in [3.8, 4) is 0 Å². The Morgan fingerprint density at radius 2 is 2.23 bits per heavy atom. The molecule has 0 aliphatic rings. The number of esters is 1. The maximum absolute atomic E-state index is 10.8. The van der Waals surface area contributed by atoms with E-state index in [0.717, 1.165) is 12.5 Å². The number of ether oxygens (including phenoxy) is 1. The number of rotatable bonds is 7. The fourth-order valence-electron chi connectivity index (χ4n) is 0.389. The Bertz CT molecular complexity index is 191. The molecule has 1 atom stereocenters. The maximum atomic E-state index is 10.8. The fraction of sp³-hybridized carbons (Fsp3) is 0.571. The minimum Gasteiger partial charge on any atom is -0.430 e. The maximum Gasteiger partial charge on any atom is 0.700 e. The Labute approximate surface area is 77.6 Å². The van der Waals surface area contributed by atoms with Crippen molar-refractivity contribution in [2.24, 2.45) is 0 Å². The van der Waals surface area contributed by atoms with Crippen LogP contribution in [0.2, 0.25) is 0 Å². The van der Waals surface area contributed by atoms with Gasteiger partial charge in [-0.1, -0.05) is 18.0 Å². The lowest BCUT2D eigenvalue weighted by molar-refractivity contribution is -0.144. The van der Waals surface area contributed by atoms with Gasteiger partial charge in [0.15, 0.2) is 0 Å². The van der Waals surface area contributed by atoms with Crippen LogP contribution in [0.15, 0.2) is 12.7 Å². The van der Waals surface area contributed by atoms with E-state index in [2.05, 4.69) is 20.4 Å². The van der Waals surface area contributed by atoms with Gasteiger partial charge in [0.1, 0.15) is 6.61 Å². The van der Waals surface area contributed by atoms with E-state index in [-0.39, 0.29) is 6.79 Å². The molecule has 0 aromatic heterocycles. The van der Waals surface area contributed by atoms with Crippen molar-refractivity contribution in [3.05, 3.63) is 12.7 Å². The molecule has 0 radical (unpaired) electrons. The van der Waals surface area contributed by atoms with Gasteiger partial charge in [0.05, 0.1) is 0 Å². The van der Waals surface area contributed by atoms with Crippen LogP contribution in [-0.2, 0) is 23.1 Å². The van der Waals surface area contributed by atoms with E-state index in [1.807, 2.05) is 6.92 Å². The van der Waals surface area contributed by atoms with Crippen molar-refractivity contribution < 1.29 is 23.1 Å². The van der Waals surface area contributed by atoms with E-state index in [9.17, 15) is 9.36 Å². The summed E-state index contributed by atoms with van der Waals surface area (Å²) in [5, 5.41) is 0. The van der Waals surface area contributed by atoms with Crippen LogP contribution in [-0.4, -0.2) is 19.4 Å². The molecule has 0 saturated heterocycles. The molecule has 0 aromatic carbocycles. The van der Waals surface area contributed by atoms with Crippen LogP contribution in [0.25, 0.3) is 0 Å². The van der Waals surface area contributed by atoms with Crippen molar-refractivity contribution in [2.45, 2.75) is 13.3 Å². The molecule has 0 spiro atoms. The molecular formula is C7H12O5P+. The van der Waals surface area contributed by atoms with Gasteiger partial charge in [-0.2, -0.15) is 0 Å². The quantitative estimate of drug-likeness (QED) is 0.275. The van der Waals surface area contributed by atoms with Crippen LogP contribution in [0.3, 0.4) is 0 Å². The van der Waals surface area contributed by atoms with E-state index in [4.69, 9.17) is 0 Å². The summed E-state index contributed by atoms with van der Waals surface area (Å²) in [6.07, 6.45) is 1.74. The smallest absolute Gasteiger partial charge is 0.430 e. The molecular weight excluding hydrogens is 195 g/mol. The second-order valence-electron chi connectivity index (χ2n) is 1.97. The van der Waals surface area contributed by atoms with E-state index >= 15 is 0 Å². The number of hydrogen-bond acceptors (Lipinski definition) is 5. The van der Waals surface area contributed by atoms with Gasteiger partial charge in [-0.05, 0) is 6.42 Å². The zero-order valence-corrected chi connectivity index (χ0v) is 8.29. The first-order chi connectivity index (χ1) is 6.20. The Kier molecular flexibility index (Phi) is 7.39. The summed E-state index contributed by atoms with van der Waals surface area (Å²) in [7, 11) is -2.18. The Hall–Kier alpha value is -0.770. The van der Waals surface area contributed by atoms with Gasteiger partial charge in [-0.25, -0.2) is 4.79 Å². The molecule has 0 rings (SSSR count). The average molecular weight is 207 g/mol. The van der Waals surface area contributed by atoms with E-state index in [0.29, 0.717) is 6.61 Å². The first-order valence-corrected chi connectivity index (χ1v) is 4.82.